The average molecular weight is 262 g/mol. The molecule has 0 aliphatic carbocycles. The molecule has 0 fully saturated rings. The van der Waals surface area contributed by atoms with Gasteiger partial charge in [0.15, 0.2) is 0 Å². The second-order valence-corrected chi connectivity index (χ2v) is 4.19. The molecule has 0 saturated carbocycles. The molecule has 19 heavy (non-hydrogen) atoms. The van der Waals surface area contributed by atoms with Crippen LogP contribution in [0.4, 0.5) is 10.1 Å². The Labute approximate surface area is 110 Å². The smallest absolute Gasteiger partial charge is 0.251 e. The van der Waals surface area contributed by atoms with E-state index in [-0.39, 0.29) is 17.2 Å². The van der Waals surface area contributed by atoms with Crippen LogP contribution in [0.2, 0.25) is 0 Å². The van der Waals surface area contributed by atoms with E-state index < -0.39 is 5.82 Å². The molecular formula is C13H15FN4O. The molecule has 5 nitrogen and oxygen atoms in total. The van der Waals surface area contributed by atoms with E-state index in [1.807, 2.05) is 13.1 Å². The first-order valence-corrected chi connectivity index (χ1v) is 5.88. The van der Waals surface area contributed by atoms with E-state index in [9.17, 15) is 9.18 Å². The molecular weight excluding hydrogens is 247 g/mol. The SMILES string of the molecule is Cn1nccc1CCNC(=O)c1ccc(N)c(F)c1. The van der Waals surface area contributed by atoms with Crippen LogP contribution in [0.3, 0.4) is 0 Å². The Morgan fingerprint density at radius 3 is 2.89 bits per heavy atom. The molecule has 0 aliphatic rings. The summed E-state index contributed by atoms with van der Waals surface area (Å²) in [5.74, 6) is -0.902. The van der Waals surface area contributed by atoms with Crippen molar-refractivity contribution in [1.82, 2.24) is 15.1 Å². The fourth-order valence-electron chi connectivity index (χ4n) is 1.72. The van der Waals surface area contributed by atoms with E-state index in [1.165, 1.54) is 12.1 Å². The summed E-state index contributed by atoms with van der Waals surface area (Å²) >= 11 is 0. The molecule has 1 aromatic carbocycles. The first kappa shape index (κ1) is 13.1. The number of nitrogens with zero attached hydrogens (tertiary/aromatic N) is 2. The van der Waals surface area contributed by atoms with E-state index in [0.717, 1.165) is 11.8 Å². The maximum absolute atomic E-state index is 13.2. The number of hydrogen-bond donors (Lipinski definition) is 2. The number of halogens is 1. The minimum atomic E-state index is -0.584. The van der Waals surface area contributed by atoms with Crippen LogP contribution in [0, 0.1) is 5.82 Å². The van der Waals surface area contributed by atoms with Gasteiger partial charge in [0.2, 0.25) is 0 Å². The van der Waals surface area contributed by atoms with Gasteiger partial charge in [-0.05, 0) is 24.3 Å². The third-order valence-electron chi connectivity index (χ3n) is 2.85. The van der Waals surface area contributed by atoms with Gasteiger partial charge in [0.25, 0.3) is 5.91 Å². The van der Waals surface area contributed by atoms with E-state index in [0.29, 0.717) is 13.0 Å². The monoisotopic (exact) mass is 262 g/mol. The molecule has 0 bridgehead atoms. The number of rotatable bonds is 4. The molecule has 100 valence electrons. The van der Waals surface area contributed by atoms with Crippen LogP contribution in [0.15, 0.2) is 30.5 Å². The number of benzene rings is 1. The number of hydrogen-bond acceptors (Lipinski definition) is 3. The first-order chi connectivity index (χ1) is 9.08. The fraction of sp³-hybridized carbons (Fsp3) is 0.231. The summed E-state index contributed by atoms with van der Waals surface area (Å²) in [5, 5.41) is 6.76. The third-order valence-corrected chi connectivity index (χ3v) is 2.85. The zero-order valence-corrected chi connectivity index (χ0v) is 10.6. The Balaban J connectivity index is 1.91. The number of aromatic nitrogens is 2. The normalized spacial score (nSPS) is 10.4. The third kappa shape index (κ3) is 3.09. The predicted octanol–water partition coefficient (Wildman–Crippen LogP) is 1.11. The fourth-order valence-corrected chi connectivity index (χ4v) is 1.72. The molecule has 3 N–H and O–H groups in total. The molecule has 0 spiro atoms. The van der Waals surface area contributed by atoms with Gasteiger partial charge in [0, 0.05) is 37.5 Å². The Hall–Kier alpha value is -2.37. The van der Waals surface area contributed by atoms with E-state index in [1.54, 1.807) is 10.9 Å². The lowest BCUT2D eigenvalue weighted by molar-refractivity contribution is 0.0953. The predicted molar refractivity (Wildman–Crippen MR) is 70.1 cm³/mol. The molecule has 1 heterocycles. The summed E-state index contributed by atoms with van der Waals surface area (Å²) in [5.41, 5.74) is 6.67. The molecule has 0 atom stereocenters. The van der Waals surface area contributed by atoms with Crippen LogP contribution < -0.4 is 11.1 Å². The molecule has 2 aromatic rings. The zero-order valence-electron chi connectivity index (χ0n) is 10.6. The molecule has 6 heteroatoms. The highest BCUT2D eigenvalue weighted by atomic mass is 19.1. The number of nitrogens with two attached hydrogens (primary N) is 1. The highest BCUT2D eigenvalue weighted by Gasteiger charge is 2.08. The number of nitrogens with one attached hydrogen (secondary N) is 1. The molecule has 1 aromatic heterocycles. The Morgan fingerprint density at radius 2 is 2.26 bits per heavy atom. The minimum Gasteiger partial charge on any atom is -0.396 e. The van der Waals surface area contributed by atoms with Gasteiger partial charge in [0.1, 0.15) is 5.82 Å². The van der Waals surface area contributed by atoms with Crippen LogP contribution in [0.1, 0.15) is 16.1 Å². The van der Waals surface area contributed by atoms with Crippen molar-refractivity contribution in [3.63, 3.8) is 0 Å². The largest absolute Gasteiger partial charge is 0.396 e. The van der Waals surface area contributed by atoms with Gasteiger partial charge >= 0.3 is 0 Å². The van der Waals surface area contributed by atoms with Crippen molar-refractivity contribution < 1.29 is 9.18 Å². The number of carbonyl (C=O) groups excluding carboxylic acids is 1. The standard InChI is InChI=1S/C13H15FN4O/c1-18-10(5-7-17-18)4-6-16-13(19)9-2-3-12(15)11(14)8-9/h2-3,5,7-8H,4,6,15H2,1H3,(H,16,19). The highest BCUT2D eigenvalue weighted by Crippen LogP contribution is 2.11. The first-order valence-electron chi connectivity index (χ1n) is 5.88. The van der Waals surface area contributed by atoms with E-state index in [2.05, 4.69) is 10.4 Å². The quantitative estimate of drug-likeness (QED) is 0.811. The number of anilines is 1. The number of amides is 1. The van der Waals surface area contributed by atoms with Gasteiger partial charge in [-0.3, -0.25) is 9.48 Å². The molecule has 0 saturated heterocycles. The van der Waals surface area contributed by atoms with Gasteiger partial charge in [-0.15, -0.1) is 0 Å². The number of nitrogen functional groups attached to an aromatic ring is 1. The van der Waals surface area contributed by atoms with Gasteiger partial charge < -0.3 is 11.1 Å². The number of aryl methyl sites for hydroxylation is 1. The van der Waals surface area contributed by atoms with Crippen molar-refractivity contribution in [2.45, 2.75) is 6.42 Å². The van der Waals surface area contributed by atoms with Crippen molar-refractivity contribution in [3.8, 4) is 0 Å². The lowest BCUT2D eigenvalue weighted by atomic mass is 10.2. The lowest BCUT2D eigenvalue weighted by Gasteiger charge is -2.06. The number of carbonyl (C=O) groups is 1. The molecule has 0 aliphatic heterocycles. The second-order valence-electron chi connectivity index (χ2n) is 4.19. The summed E-state index contributed by atoms with van der Waals surface area (Å²) in [7, 11) is 1.84. The van der Waals surface area contributed by atoms with E-state index >= 15 is 0 Å². The summed E-state index contributed by atoms with van der Waals surface area (Å²) < 4.78 is 15.0. The van der Waals surface area contributed by atoms with Crippen LogP contribution in [-0.2, 0) is 13.5 Å². The maximum atomic E-state index is 13.2. The lowest BCUT2D eigenvalue weighted by Crippen LogP contribution is -2.26. The van der Waals surface area contributed by atoms with Crippen molar-refractivity contribution >= 4 is 11.6 Å². The molecule has 0 unspecified atom stereocenters. The molecule has 2 rings (SSSR count). The van der Waals surface area contributed by atoms with Gasteiger partial charge in [-0.2, -0.15) is 5.10 Å². The zero-order chi connectivity index (χ0) is 13.8. The van der Waals surface area contributed by atoms with Crippen LogP contribution in [-0.4, -0.2) is 22.2 Å². The van der Waals surface area contributed by atoms with Crippen LogP contribution in [0.25, 0.3) is 0 Å². The van der Waals surface area contributed by atoms with Crippen molar-refractivity contribution in [2.75, 3.05) is 12.3 Å². The van der Waals surface area contributed by atoms with Crippen LogP contribution in [0.5, 0.6) is 0 Å². The van der Waals surface area contributed by atoms with E-state index in [4.69, 9.17) is 5.73 Å². The second kappa shape index (κ2) is 5.51. The van der Waals surface area contributed by atoms with Crippen molar-refractivity contribution in [1.29, 1.82) is 0 Å². The highest BCUT2D eigenvalue weighted by molar-refractivity contribution is 5.94. The Kier molecular flexibility index (Phi) is 3.79. The van der Waals surface area contributed by atoms with Gasteiger partial charge in [-0.1, -0.05) is 0 Å². The average Bonchev–Trinajstić information content (AvgIpc) is 2.78. The summed E-state index contributed by atoms with van der Waals surface area (Å²) in [4.78, 5) is 11.8. The van der Waals surface area contributed by atoms with Gasteiger partial charge in [-0.25, -0.2) is 4.39 Å². The molecule has 1 amide bonds. The van der Waals surface area contributed by atoms with Crippen LogP contribution >= 0.6 is 0 Å². The summed E-state index contributed by atoms with van der Waals surface area (Å²) in [6.07, 6.45) is 2.37. The summed E-state index contributed by atoms with van der Waals surface area (Å²) in [6, 6.07) is 5.90. The van der Waals surface area contributed by atoms with Crippen molar-refractivity contribution in [2.24, 2.45) is 7.05 Å². The summed E-state index contributed by atoms with van der Waals surface area (Å²) in [6.45, 7) is 0.463. The maximum Gasteiger partial charge on any atom is 0.251 e. The van der Waals surface area contributed by atoms with Crippen molar-refractivity contribution in [3.05, 3.63) is 47.5 Å². The topological polar surface area (TPSA) is 72.9 Å². The minimum absolute atomic E-state index is 0.0337. The van der Waals surface area contributed by atoms with Gasteiger partial charge in [0.05, 0.1) is 5.69 Å². The Bertz CT molecular complexity index is 594. The Morgan fingerprint density at radius 1 is 1.47 bits per heavy atom. The molecule has 0 radical (unpaired) electrons.